The number of halogens is 3. The predicted molar refractivity (Wildman–Crippen MR) is 142 cm³/mol. The molecule has 0 spiro atoms. The van der Waals surface area contributed by atoms with Crippen molar-refractivity contribution >= 4 is 29.0 Å². The summed E-state index contributed by atoms with van der Waals surface area (Å²) < 4.78 is 41.7. The number of rotatable bonds is 7. The number of hydrogen-bond acceptors (Lipinski definition) is 8. The minimum absolute atomic E-state index is 0.128. The first-order valence-corrected chi connectivity index (χ1v) is 13.7. The van der Waals surface area contributed by atoms with Gasteiger partial charge in [0.2, 0.25) is 5.95 Å². The number of aromatic nitrogens is 4. The van der Waals surface area contributed by atoms with Crippen molar-refractivity contribution in [3.63, 3.8) is 0 Å². The van der Waals surface area contributed by atoms with Crippen LogP contribution < -0.4 is 21.0 Å². The van der Waals surface area contributed by atoms with Crippen molar-refractivity contribution in [2.75, 3.05) is 16.8 Å². The first-order valence-electron chi connectivity index (χ1n) is 13.7. The van der Waals surface area contributed by atoms with E-state index in [0.29, 0.717) is 40.2 Å². The lowest BCUT2D eigenvalue weighted by atomic mass is 9.80. The smallest absolute Gasteiger partial charge is 0.365 e. The molecule has 10 nitrogen and oxygen atoms in total. The van der Waals surface area contributed by atoms with Gasteiger partial charge in [0, 0.05) is 18.1 Å². The third-order valence-corrected chi connectivity index (χ3v) is 8.38. The van der Waals surface area contributed by atoms with Gasteiger partial charge in [0.25, 0.3) is 0 Å². The molecule has 3 aliphatic rings. The summed E-state index contributed by atoms with van der Waals surface area (Å²) in [4.78, 5) is 33.3. The Labute approximate surface area is 229 Å². The zero-order valence-electron chi connectivity index (χ0n) is 22.7. The van der Waals surface area contributed by atoms with Crippen LogP contribution in [0, 0.1) is 5.92 Å². The predicted octanol–water partition coefficient (Wildman–Crippen LogP) is 5.12. The summed E-state index contributed by atoms with van der Waals surface area (Å²) in [6, 6.07) is 5.34. The number of nitrogens with zero attached hydrogens (tertiary/aromatic N) is 5. The van der Waals surface area contributed by atoms with E-state index in [-0.39, 0.29) is 18.1 Å². The minimum atomic E-state index is -4.41. The molecule has 1 unspecified atom stereocenters. The third kappa shape index (κ3) is 4.91. The number of carbonyl (C=O) groups excluding carboxylic acids is 1. The summed E-state index contributed by atoms with van der Waals surface area (Å²) in [5, 5.41) is 6.23. The van der Waals surface area contributed by atoms with E-state index in [9.17, 15) is 18.0 Å². The molecule has 1 amide bonds. The van der Waals surface area contributed by atoms with Crippen LogP contribution in [0.15, 0.2) is 24.3 Å². The molecule has 1 aliphatic carbocycles. The molecule has 13 heteroatoms. The number of carbonyl (C=O) groups is 1. The first kappa shape index (κ1) is 26.6. The Morgan fingerprint density at radius 1 is 1.15 bits per heavy atom. The number of amides is 1. The second kappa shape index (κ2) is 9.79. The summed E-state index contributed by atoms with van der Waals surface area (Å²) in [5.74, 6) is 2.05. The molecule has 40 heavy (non-hydrogen) atoms. The second-order valence-corrected chi connectivity index (χ2v) is 11.6. The second-order valence-electron chi connectivity index (χ2n) is 11.6. The quantitative estimate of drug-likeness (QED) is 0.367. The van der Waals surface area contributed by atoms with Crippen LogP contribution in [0.3, 0.4) is 0 Å². The monoisotopic (exact) mass is 558 g/mol. The maximum atomic E-state index is 13.2. The number of hydroxylamine groups is 1. The lowest BCUT2D eigenvalue weighted by Crippen LogP contribution is -2.40. The zero-order chi connectivity index (χ0) is 28.2. The van der Waals surface area contributed by atoms with E-state index in [1.54, 1.807) is 0 Å². The van der Waals surface area contributed by atoms with Crippen molar-refractivity contribution < 1.29 is 22.8 Å². The number of nitrogens with one attached hydrogen (secondary N) is 3. The van der Waals surface area contributed by atoms with Gasteiger partial charge in [-0.05, 0) is 70.1 Å². The van der Waals surface area contributed by atoms with Gasteiger partial charge < -0.3 is 19.6 Å². The number of anilines is 2. The molecular weight excluding hydrogens is 525 g/mol. The maximum absolute atomic E-state index is 13.2. The molecule has 2 saturated heterocycles. The summed E-state index contributed by atoms with van der Waals surface area (Å²) in [7, 11) is 0. The van der Waals surface area contributed by atoms with Gasteiger partial charge in [-0.1, -0.05) is 18.6 Å². The minimum Gasteiger partial charge on any atom is -0.365 e. The molecule has 1 aromatic carbocycles. The van der Waals surface area contributed by atoms with Crippen LogP contribution in [-0.4, -0.2) is 43.7 Å². The lowest BCUT2D eigenvalue weighted by Gasteiger charge is -2.33. The highest BCUT2D eigenvalue weighted by atomic mass is 19.4. The van der Waals surface area contributed by atoms with E-state index >= 15 is 0 Å². The fourth-order valence-corrected chi connectivity index (χ4v) is 5.77. The molecule has 2 aromatic heterocycles. The summed E-state index contributed by atoms with van der Waals surface area (Å²) in [6.07, 6.45) is -0.364. The van der Waals surface area contributed by atoms with Crippen molar-refractivity contribution in [2.45, 2.75) is 83.3 Å². The van der Waals surface area contributed by atoms with Crippen molar-refractivity contribution in [1.29, 1.82) is 0 Å². The highest BCUT2D eigenvalue weighted by Gasteiger charge is 2.37. The Balaban J connectivity index is 1.49. The molecule has 4 heterocycles. The third-order valence-electron chi connectivity index (χ3n) is 8.38. The number of fused-ring (bicyclic) bond motifs is 1. The van der Waals surface area contributed by atoms with E-state index in [1.165, 1.54) is 18.6 Å². The molecule has 2 atom stereocenters. The maximum Gasteiger partial charge on any atom is 0.427 e. The van der Waals surface area contributed by atoms with Crippen LogP contribution in [0.1, 0.15) is 76.0 Å². The lowest BCUT2D eigenvalue weighted by molar-refractivity contribution is -0.137. The van der Waals surface area contributed by atoms with Crippen LogP contribution in [0.2, 0.25) is 0 Å². The summed E-state index contributed by atoms with van der Waals surface area (Å²) in [6.45, 7) is 7.52. The van der Waals surface area contributed by atoms with E-state index in [1.807, 2.05) is 4.57 Å². The summed E-state index contributed by atoms with van der Waals surface area (Å²) in [5.41, 5.74) is 3.55. The number of alkyl halides is 3. The summed E-state index contributed by atoms with van der Waals surface area (Å²) >= 11 is 0. The van der Waals surface area contributed by atoms with Crippen molar-refractivity contribution in [3.05, 3.63) is 41.2 Å². The Hall–Kier alpha value is -3.61. The first-order chi connectivity index (χ1) is 19.0. The molecule has 6 rings (SSSR count). The van der Waals surface area contributed by atoms with Crippen molar-refractivity contribution in [3.8, 4) is 0 Å². The zero-order valence-corrected chi connectivity index (χ0v) is 22.7. The number of benzene rings is 1. The molecule has 2 aliphatic heterocycles. The average molecular weight is 559 g/mol. The van der Waals surface area contributed by atoms with Crippen LogP contribution in [0.25, 0.3) is 11.2 Å². The number of imidazole rings is 1. The Morgan fingerprint density at radius 3 is 2.48 bits per heavy atom. The van der Waals surface area contributed by atoms with Gasteiger partial charge in [-0.2, -0.15) is 18.2 Å². The Kier molecular flexibility index (Phi) is 6.51. The van der Waals surface area contributed by atoms with Gasteiger partial charge in [-0.3, -0.25) is 5.32 Å². The SMILES string of the molecule is C[C@@H](Nc1nc(C2NOC(=O)N2)nc2nc(N3CCCC3(C)C)n(Cc3ccc(C(F)(F)F)cc3)c12)C1CCC1. The molecule has 0 bridgehead atoms. The van der Waals surface area contributed by atoms with Crippen molar-refractivity contribution in [1.82, 2.24) is 30.3 Å². The average Bonchev–Trinajstić information content (AvgIpc) is 3.54. The van der Waals surface area contributed by atoms with Gasteiger partial charge in [0.05, 0.1) is 12.1 Å². The highest BCUT2D eigenvalue weighted by molar-refractivity contribution is 5.86. The van der Waals surface area contributed by atoms with Crippen LogP contribution in [0.4, 0.5) is 29.7 Å². The standard InChI is InChI=1S/C27H33F3N8O2/c1-15(17-6-4-7-17)31-20-19-21(33-22(32-20)23-35-25(39)40-36-23)34-24(38-13-5-12-26(38,2)3)37(19)14-16-8-10-18(11-9-16)27(28,29)30/h8-11,15,17,23,36H,4-7,12-14H2,1-3H3,(H,35,39)(H,31,32,33)/t15-,23?/m1/s1. The Bertz CT molecular complexity index is 1420. The van der Waals surface area contributed by atoms with Crippen molar-refractivity contribution in [2.24, 2.45) is 5.92 Å². The molecule has 1 saturated carbocycles. The van der Waals surface area contributed by atoms with Gasteiger partial charge in [0.1, 0.15) is 5.52 Å². The highest BCUT2D eigenvalue weighted by Crippen LogP contribution is 2.38. The fourth-order valence-electron chi connectivity index (χ4n) is 5.77. The van der Waals surface area contributed by atoms with Crippen LogP contribution in [-0.2, 0) is 17.6 Å². The molecule has 3 aromatic rings. The van der Waals surface area contributed by atoms with E-state index in [4.69, 9.17) is 19.8 Å². The fraction of sp³-hybridized carbons (Fsp3) is 0.556. The molecule has 3 N–H and O–H groups in total. The van der Waals surface area contributed by atoms with Gasteiger partial charge in [-0.15, -0.1) is 5.48 Å². The van der Waals surface area contributed by atoms with Gasteiger partial charge in [0.15, 0.2) is 23.5 Å². The van der Waals surface area contributed by atoms with Gasteiger partial charge in [-0.25, -0.2) is 14.8 Å². The van der Waals surface area contributed by atoms with E-state index < -0.39 is 24.0 Å². The van der Waals surface area contributed by atoms with Gasteiger partial charge >= 0.3 is 12.3 Å². The normalized spacial score (nSPS) is 21.8. The largest absolute Gasteiger partial charge is 0.427 e. The van der Waals surface area contributed by atoms with E-state index in [2.05, 4.69) is 41.8 Å². The molecular formula is C27H33F3N8O2. The topological polar surface area (TPSA) is 109 Å². The molecule has 3 fully saturated rings. The molecule has 214 valence electrons. The van der Waals surface area contributed by atoms with E-state index in [0.717, 1.165) is 44.4 Å². The van der Waals surface area contributed by atoms with Crippen LogP contribution >= 0.6 is 0 Å². The Morgan fingerprint density at radius 2 is 1.90 bits per heavy atom. The van der Waals surface area contributed by atoms with Crippen LogP contribution in [0.5, 0.6) is 0 Å². The molecule has 0 radical (unpaired) electrons. The number of hydrogen-bond donors (Lipinski definition) is 3.